The summed E-state index contributed by atoms with van der Waals surface area (Å²) in [5.74, 6) is 0.323. The Morgan fingerprint density at radius 2 is 1.65 bits per heavy atom. The summed E-state index contributed by atoms with van der Waals surface area (Å²) < 4.78 is 22.2. The number of phenols is 1. The fourth-order valence-corrected chi connectivity index (χ4v) is 4.28. The lowest BCUT2D eigenvalue weighted by Gasteiger charge is -2.19. The number of phenolic OH excluding ortho intramolecular Hbond substituents is 1. The second-order valence-corrected chi connectivity index (χ2v) is 10.1. The van der Waals surface area contributed by atoms with Gasteiger partial charge in [0.05, 0.1) is 5.52 Å². The van der Waals surface area contributed by atoms with Crippen LogP contribution in [0, 0.1) is 0 Å². The van der Waals surface area contributed by atoms with E-state index in [1.165, 1.54) is 0 Å². The van der Waals surface area contributed by atoms with Crippen LogP contribution in [0.2, 0.25) is 5.02 Å². The molecule has 0 amide bonds. The summed E-state index contributed by atoms with van der Waals surface area (Å²) in [7, 11) is -10.1. The van der Waals surface area contributed by atoms with Crippen molar-refractivity contribution in [2.45, 2.75) is 20.4 Å². The van der Waals surface area contributed by atoms with Crippen molar-refractivity contribution < 1.29 is 38.1 Å². The lowest BCUT2D eigenvalue weighted by atomic mass is 10.1. The first kappa shape index (κ1) is 28.2. The van der Waals surface area contributed by atoms with E-state index in [0.29, 0.717) is 10.8 Å². The van der Waals surface area contributed by atoms with Crippen molar-refractivity contribution in [2.75, 3.05) is 18.4 Å². The third-order valence-electron chi connectivity index (χ3n) is 4.56. The van der Waals surface area contributed by atoms with Crippen molar-refractivity contribution in [1.29, 1.82) is 0 Å². The molecule has 0 bridgehead atoms. The van der Waals surface area contributed by atoms with Crippen molar-refractivity contribution in [3.63, 3.8) is 0 Å². The third kappa shape index (κ3) is 9.31. The molecule has 0 saturated heterocycles. The molecular weight excluding hydrogens is 508 g/mol. The number of phosphoric acid groups is 2. The van der Waals surface area contributed by atoms with E-state index in [0.717, 1.165) is 47.5 Å². The zero-order valence-electron chi connectivity index (χ0n) is 18.4. The monoisotopic (exact) mass is 533 g/mol. The molecule has 0 atom stereocenters. The Morgan fingerprint density at radius 1 is 1.00 bits per heavy atom. The summed E-state index contributed by atoms with van der Waals surface area (Å²) in [5.41, 5.74) is 3.65. The van der Waals surface area contributed by atoms with Gasteiger partial charge in [-0.15, -0.1) is 0 Å². The molecule has 11 nitrogen and oxygen atoms in total. The van der Waals surface area contributed by atoms with Gasteiger partial charge in [-0.3, -0.25) is 9.88 Å². The van der Waals surface area contributed by atoms with Gasteiger partial charge in [-0.2, -0.15) is 4.31 Å². The Balaban J connectivity index is 0.000000387. The summed E-state index contributed by atoms with van der Waals surface area (Å²) in [6.07, 6.45) is 1.76. The van der Waals surface area contributed by atoms with Gasteiger partial charge in [-0.1, -0.05) is 25.4 Å². The van der Waals surface area contributed by atoms with Crippen LogP contribution >= 0.6 is 27.2 Å². The molecule has 0 aliphatic rings. The summed E-state index contributed by atoms with van der Waals surface area (Å²) in [4.78, 5) is 37.6. The van der Waals surface area contributed by atoms with Crippen LogP contribution in [0.3, 0.4) is 0 Å². The average Bonchev–Trinajstić information content (AvgIpc) is 2.72. The van der Waals surface area contributed by atoms with E-state index in [1.807, 2.05) is 36.4 Å². The fourth-order valence-electron chi connectivity index (χ4n) is 3.00. The van der Waals surface area contributed by atoms with Crippen molar-refractivity contribution in [3.05, 3.63) is 59.2 Å². The minimum absolute atomic E-state index is 0.323. The molecule has 0 aliphatic heterocycles. The molecule has 0 radical (unpaired) electrons. The Bertz CT molecular complexity index is 1190. The largest absolute Gasteiger partial charge is 0.508 e. The second-order valence-electron chi connectivity index (χ2n) is 7.01. The molecule has 3 aromatic rings. The lowest BCUT2D eigenvalue weighted by molar-refractivity contribution is 0.225. The van der Waals surface area contributed by atoms with Crippen LogP contribution in [0.4, 0.5) is 11.4 Å². The smallest absolute Gasteiger partial charge is 0.478 e. The normalized spacial score (nSPS) is 11.9. The maximum Gasteiger partial charge on any atom is 0.478 e. The summed E-state index contributed by atoms with van der Waals surface area (Å²) in [5, 5.41) is 15.3. The van der Waals surface area contributed by atoms with Gasteiger partial charge in [0.25, 0.3) is 0 Å². The van der Waals surface area contributed by atoms with Gasteiger partial charge in [0.2, 0.25) is 0 Å². The van der Waals surface area contributed by atoms with Gasteiger partial charge in [0.1, 0.15) is 5.75 Å². The standard InChI is InChI=1S/C20H22ClN3O.H4O7P2/c1-3-24(4-2)13-14-11-16(6-8-20(14)25)23-18-9-10-22-19-12-15(21)5-7-17(18)19;1-8(2,3)7-9(4,5)6/h5-12,25H,3-4,13H2,1-2H3,(H,22,23);(H2,1,2,3)(H2,4,5,6). The number of hydrogen-bond donors (Lipinski definition) is 6. The SMILES string of the molecule is CCN(CC)Cc1cc(Nc2ccnc3cc(Cl)ccc23)ccc1O.O=P(O)(O)OP(=O)(O)O. The molecule has 14 heteroatoms. The van der Waals surface area contributed by atoms with E-state index in [-0.39, 0.29) is 0 Å². The maximum atomic E-state index is 10.2. The van der Waals surface area contributed by atoms with E-state index in [2.05, 4.69) is 33.4 Å². The number of pyridine rings is 1. The molecule has 34 heavy (non-hydrogen) atoms. The summed E-state index contributed by atoms with van der Waals surface area (Å²) >= 11 is 6.05. The van der Waals surface area contributed by atoms with Crippen LogP contribution in [0.25, 0.3) is 10.9 Å². The van der Waals surface area contributed by atoms with Crippen LogP contribution in [0.5, 0.6) is 5.75 Å². The van der Waals surface area contributed by atoms with Crippen LogP contribution in [-0.4, -0.2) is 47.7 Å². The number of nitrogens with zero attached hydrogens (tertiary/aromatic N) is 2. The number of fused-ring (bicyclic) bond motifs is 1. The number of rotatable bonds is 8. The second kappa shape index (κ2) is 12.1. The van der Waals surface area contributed by atoms with Crippen molar-refractivity contribution in [2.24, 2.45) is 0 Å². The van der Waals surface area contributed by atoms with Gasteiger partial charge in [-0.05, 0) is 55.6 Å². The predicted octanol–water partition coefficient (Wildman–Crippen LogP) is 4.37. The minimum atomic E-state index is -5.05. The molecule has 1 aromatic heterocycles. The van der Waals surface area contributed by atoms with Crippen LogP contribution < -0.4 is 5.32 Å². The topological polar surface area (TPSA) is 173 Å². The minimum Gasteiger partial charge on any atom is -0.508 e. The van der Waals surface area contributed by atoms with Gasteiger partial charge in [0, 0.05) is 40.1 Å². The molecular formula is C20H26ClN3O8P2. The fraction of sp³-hybridized carbons (Fsp3) is 0.250. The zero-order chi connectivity index (χ0) is 25.5. The van der Waals surface area contributed by atoms with Gasteiger partial charge < -0.3 is 30.0 Å². The van der Waals surface area contributed by atoms with E-state index in [9.17, 15) is 14.2 Å². The number of aromatic nitrogens is 1. The van der Waals surface area contributed by atoms with Gasteiger partial charge in [0.15, 0.2) is 0 Å². The number of anilines is 2. The highest BCUT2D eigenvalue weighted by atomic mass is 35.5. The summed E-state index contributed by atoms with van der Waals surface area (Å²) in [6.45, 7) is 6.86. The Hall–Kier alpha value is -2.04. The number of halogens is 1. The van der Waals surface area contributed by atoms with Gasteiger partial charge in [-0.25, -0.2) is 9.13 Å². The number of benzene rings is 2. The predicted molar refractivity (Wildman–Crippen MR) is 130 cm³/mol. The van der Waals surface area contributed by atoms with E-state index in [4.69, 9.17) is 31.2 Å². The van der Waals surface area contributed by atoms with Crippen molar-refractivity contribution in [1.82, 2.24) is 9.88 Å². The highest BCUT2D eigenvalue weighted by Crippen LogP contribution is 2.53. The van der Waals surface area contributed by atoms with E-state index >= 15 is 0 Å². The molecule has 186 valence electrons. The summed E-state index contributed by atoms with van der Waals surface area (Å²) in [6, 6.07) is 13.2. The van der Waals surface area contributed by atoms with Crippen LogP contribution in [0.15, 0.2) is 48.7 Å². The Kier molecular flexibility index (Phi) is 10.0. The van der Waals surface area contributed by atoms with E-state index < -0.39 is 15.6 Å². The molecule has 2 aromatic carbocycles. The Morgan fingerprint density at radius 3 is 2.21 bits per heavy atom. The van der Waals surface area contributed by atoms with Crippen molar-refractivity contribution >= 4 is 49.5 Å². The number of hydrogen-bond acceptors (Lipinski definition) is 7. The average molecular weight is 534 g/mol. The molecule has 1 heterocycles. The molecule has 6 N–H and O–H groups in total. The number of aromatic hydroxyl groups is 1. The van der Waals surface area contributed by atoms with Crippen LogP contribution in [0.1, 0.15) is 19.4 Å². The molecule has 0 spiro atoms. The molecule has 0 unspecified atom stereocenters. The lowest BCUT2D eigenvalue weighted by Crippen LogP contribution is -2.22. The molecule has 3 rings (SSSR count). The van der Waals surface area contributed by atoms with Crippen molar-refractivity contribution in [3.8, 4) is 5.75 Å². The highest BCUT2D eigenvalue weighted by Gasteiger charge is 2.27. The number of nitrogens with one attached hydrogen (secondary N) is 1. The van der Waals surface area contributed by atoms with Gasteiger partial charge >= 0.3 is 15.6 Å². The molecule has 0 saturated carbocycles. The maximum absolute atomic E-state index is 10.2. The Labute approximate surface area is 201 Å². The third-order valence-corrected chi connectivity index (χ3v) is 6.50. The first-order valence-corrected chi connectivity index (χ1v) is 13.4. The zero-order valence-corrected chi connectivity index (χ0v) is 20.9. The molecule has 0 fully saturated rings. The quantitative estimate of drug-likeness (QED) is 0.179. The van der Waals surface area contributed by atoms with Crippen LogP contribution in [-0.2, 0) is 20.0 Å². The van der Waals surface area contributed by atoms with E-state index in [1.54, 1.807) is 12.3 Å². The molecule has 0 aliphatic carbocycles. The first-order chi connectivity index (χ1) is 15.8. The first-order valence-electron chi connectivity index (χ1n) is 9.99. The highest BCUT2D eigenvalue weighted by molar-refractivity contribution is 7.60.